The van der Waals surface area contributed by atoms with Crippen LogP contribution >= 0.6 is 12.2 Å². The third kappa shape index (κ3) is 4.22. The maximum atomic E-state index is 12.5. The summed E-state index contributed by atoms with van der Waals surface area (Å²) in [6, 6.07) is 7.28. The molecule has 0 saturated heterocycles. The predicted molar refractivity (Wildman–Crippen MR) is 107 cm³/mol. The van der Waals surface area contributed by atoms with Gasteiger partial charge in [-0.05, 0) is 37.2 Å². The van der Waals surface area contributed by atoms with Gasteiger partial charge in [-0.25, -0.2) is 9.59 Å². The molecule has 0 radical (unpaired) electrons. The molecule has 7 nitrogen and oxygen atoms in total. The average molecular weight is 402 g/mol. The van der Waals surface area contributed by atoms with Crippen molar-refractivity contribution in [2.45, 2.75) is 38.1 Å². The minimum absolute atomic E-state index is 0.0185. The Labute approximate surface area is 167 Å². The van der Waals surface area contributed by atoms with Gasteiger partial charge in [-0.1, -0.05) is 31.4 Å². The first kappa shape index (κ1) is 20.0. The zero-order chi connectivity index (χ0) is 20.1. The molecule has 3 rings (SSSR count). The van der Waals surface area contributed by atoms with Gasteiger partial charge in [0.15, 0.2) is 11.4 Å². The third-order valence-corrected chi connectivity index (χ3v) is 4.95. The van der Waals surface area contributed by atoms with Crippen LogP contribution in [0.2, 0.25) is 0 Å². The Kier molecular flexibility index (Phi) is 6.41. The van der Waals surface area contributed by atoms with Gasteiger partial charge in [-0.3, -0.25) is 9.56 Å². The SMILES string of the molecule is COC(=O)/C=C(\C(=O)OC)C(=NC1CCCCC1)n1c(=S)oc2ccccc21. The van der Waals surface area contributed by atoms with Crippen molar-refractivity contribution in [3.05, 3.63) is 40.8 Å². The molecular weight excluding hydrogens is 380 g/mol. The lowest BCUT2D eigenvalue weighted by atomic mass is 9.96. The van der Waals surface area contributed by atoms with E-state index in [1.165, 1.54) is 14.2 Å². The average Bonchev–Trinajstić information content (AvgIpc) is 3.06. The first-order chi connectivity index (χ1) is 13.5. The topological polar surface area (TPSA) is 83.0 Å². The fourth-order valence-corrected chi connectivity index (χ4v) is 3.57. The monoisotopic (exact) mass is 402 g/mol. The molecule has 1 heterocycles. The summed E-state index contributed by atoms with van der Waals surface area (Å²) >= 11 is 5.40. The zero-order valence-corrected chi connectivity index (χ0v) is 16.7. The van der Waals surface area contributed by atoms with Gasteiger partial charge in [-0.15, -0.1) is 0 Å². The summed E-state index contributed by atoms with van der Waals surface area (Å²) in [6.07, 6.45) is 6.17. The Morgan fingerprint density at radius 1 is 1.18 bits per heavy atom. The summed E-state index contributed by atoms with van der Waals surface area (Å²) in [7, 11) is 2.49. The van der Waals surface area contributed by atoms with Crippen molar-refractivity contribution in [3.8, 4) is 0 Å². The number of aromatic nitrogens is 1. The molecule has 148 valence electrons. The molecule has 2 aromatic rings. The van der Waals surface area contributed by atoms with E-state index in [0.29, 0.717) is 11.1 Å². The number of carbonyl (C=O) groups excluding carboxylic acids is 2. The molecule has 28 heavy (non-hydrogen) atoms. The first-order valence-corrected chi connectivity index (χ1v) is 9.53. The fraction of sp³-hybridized carbons (Fsp3) is 0.400. The second-order valence-corrected chi connectivity index (χ2v) is 6.84. The number of nitrogens with zero attached hydrogens (tertiary/aromatic N) is 2. The number of aliphatic imine (C=N–C) groups is 1. The van der Waals surface area contributed by atoms with Gasteiger partial charge >= 0.3 is 11.9 Å². The number of rotatable bonds is 4. The molecule has 1 aromatic carbocycles. The Hall–Kier alpha value is -2.74. The number of carbonyl (C=O) groups is 2. The van der Waals surface area contributed by atoms with E-state index in [2.05, 4.69) is 0 Å². The minimum atomic E-state index is -0.702. The van der Waals surface area contributed by atoms with Gasteiger partial charge in [-0.2, -0.15) is 0 Å². The van der Waals surface area contributed by atoms with Crippen LogP contribution in [0.15, 0.2) is 45.3 Å². The summed E-state index contributed by atoms with van der Waals surface area (Å²) in [5, 5.41) is 0. The number of ether oxygens (including phenoxy) is 2. The lowest BCUT2D eigenvalue weighted by molar-refractivity contribution is -0.138. The maximum Gasteiger partial charge on any atom is 0.341 e. The molecular formula is C20H22N2O5S. The molecule has 0 bridgehead atoms. The van der Waals surface area contributed by atoms with Gasteiger partial charge in [0.1, 0.15) is 5.57 Å². The highest BCUT2D eigenvalue weighted by Gasteiger charge is 2.25. The van der Waals surface area contributed by atoms with Crippen LogP contribution in [-0.2, 0) is 19.1 Å². The van der Waals surface area contributed by atoms with Crippen molar-refractivity contribution in [2.24, 2.45) is 4.99 Å². The van der Waals surface area contributed by atoms with Crippen molar-refractivity contribution >= 4 is 41.1 Å². The maximum absolute atomic E-state index is 12.5. The molecule has 1 aliphatic rings. The Balaban J connectivity index is 2.24. The predicted octanol–water partition coefficient (Wildman–Crippen LogP) is 3.82. The minimum Gasteiger partial charge on any atom is -0.466 e. The number of fused-ring (bicyclic) bond motifs is 1. The Morgan fingerprint density at radius 2 is 1.89 bits per heavy atom. The van der Waals surface area contributed by atoms with Crippen molar-refractivity contribution < 1.29 is 23.5 Å². The smallest absolute Gasteiger partial charge is 0.341 e. The van der Waals surface area contributed by atoms with Crippen LogP contribution in [0, 0.1) is 4.84 Å². The second-order valence-electron chi connectivity index (χ2n) is 6.49. The quantitative estimate of drug-likeness (QED) is 0.254. The molecule has 1 saturated carbocycles. The van der Waals surface area contributed by atoms with E-state index in [4.69, 9.17) is 31.1 Å². The number of hydrogen-bond acceptors (Lipinski definition) is 7. The van der Waals surface area contributed by atoms with Crippen molar-refractivity contribution in [1.82, 2.24) is 4.57 Å². The largest absolute Gasteiger partial charge is 0.466 e. The standard InChI is InChI=1S/C20H22N2O5S/c1-25-17(23)12-14(19(24)26-2)18(21-13-8-4-3-5-9-13)22-15-10-6-7-11-16(15)27-20(22)28/h6-7,10-13H,3-5,8-9H2,1-2H3/b14-12-,21-18?. The van der Waals surface area contributed by atoms with Gasteiger partial charge in [0.05, 0.1) is 25.8 Å². The molecule has 1 aliphatic carbocycles. The zero-order valence-electron chi connectivity index (χ0n) is 15.8. The molecule has 0 spiro atoms. The molecule has 0 atom stereocenters. The number of methoxy groups -OCH3 is 2. The van der Waals surface area contributed by atoms with Crippen molar-refractivity contribution in [1.29, 1.82) is 0 Å². The van der Waals surface area contributed by atoms with Gasteiger partial charge in [0.25, 0.3) is 4.84 Å². The van der Waals surface area contributed by atoms with Crippen LogP contribution in [0.25, 0.3) is 11.1 Å². The van der Waals surface area contributed by atoms with E-state index >= 15 is 0 Å². The van der Waals surface area contributed by atoms with E-state index in [0.717, 1.165) is 38.2 Å². The van der Waals surface area contributed by atoms with Gasteiger partial charge in [0, 0.05) is 6.08 Å². The Morgan fingerprint density at radius 3 is 2.57 bits per heavy atom. The number of oxazole rings is 1. The second kappa shape index (κ2) is 8.97. The van der Waals surface area contributed by atoms with E-state index in [1.807, 2.05) is 18.2 Å². The van der Waals surface area contributed by atoms with Crippen LogP contribution < -0.4 is 0 Å². The highest BCUT2D eigenvalue weighted by molar-refractivity contribution is 7.71. The van der Waals surface area contributed by atoms with Crippen LogP contribution in [0.3, 0.4) is 0 Å². The molecule has 0 N–H and O–H groups in total. The normalized spacial score (nSPS) is 16.2. The summed E-state index contributed by atoms with van der Waals surface area (Å²) < 4.78 is 16.9. The summed E-state index contributed by atoms with van der Waals surface area (Å²) in [5.74, 6) is -1.15. The molecule has 0 amide bonds. The van der Waals surface area contributed by atoms with E-state index < -0.39 is 11.9 Å². The molecule has 1 aromatic heterocycles. The van der Waals surface area contributed by atoms with E-state index in [1.54, 1.807) is 10.6 Å². The molecule has 8 heteroatoms. The lowest BCUT2D eigenvalue weighted by Gasteiger charge is -2.20. The lowest BCUT2D eigenvalue weighted by Crippen LogP contribution is -2.26. The van der Waals surface area contributed by atoms with Crippen LogP contribution in [0.4, 0.5) is 0 Å². The van der Waals surface area contributed by atoms with Gasteiger partial charge in [0.2, 0.25) is 0 Å². The van der Waals surface area contributed by atoms with Crippen LogP contribution in [-0.4, -0.2) is 42.6 Å². The highest BCUT2D eigenvalue weighted by atomic mass is 32.1. The van der Waals surface area contributed by atoms with E-state index in [-0.39, 0.29) is 22.3 Å². The summed E-state index contributed by atoms with van der Waals surface area (Å²) in [5.41, 5.74) is 1.19. The van der Waals surface area contributed by atoms with Crippen molar-refractivity contribution in [3.63, 3.8) is 0 Å². The Bertz CT molecular complexity index is 995. The van der Waals surface area contributed by atoms with E-state index in [9.17, 15) is 9.59 Å². The summed E-state index contributed by atoms with van der Waals surface area (Å²) in [6.45, 7) is 0. The van der Waals surface area contributed by atoms with Crippen LogP contribution in [0.1, 0.15) is 32.1 Å². The third-order valence-electron chi connectivity index (χ3n) is 4.69. The van der Waals surface area contributed by atoms with Crippen molar-refractivity contribution in [2.75, 3.05) is 14.2 Å². The molecule has 0 aliphatic heterocycles. The summed E-state index contributed by atoms with van der Waals surface area (Å²) in [4.78, 5) is 29.4. The highest BCUT2D eigenvalue weighted by Crippen LogP contribution is 2.24. The van der Waals surface area contributed by atoms with Crippen LogP contribution in [0.5, 0.6) is 0 Å². The number of benzene rings is 1. The first-order valence-electron chi connectivity index (χ1n) is 9.12. The number of esters is 2. The number of para-hydroxylation sites is 2. The fourth-order valence-electron chi connectivity index (χ4n) is 3.30. The molecule has 1 fully saturated rings. The molecule has 0 unspecified atom stereocenters. The van der Waals surface area contributed by atoms with Gasteiger partial charge < -0.3 is 13.9 Å². The number of hydrogen-bond donors (Lipinski definition) is 0.